The van der Waals surface area contributed by atoms with Gasteiger partial charge in [-0.05, 0) is 68.6 Å². The van der Waals surface area contributed by atoms with Crippen LogP contribution in [0.3, 0.4) is 0 Å². The van der Waals surface area contributed by atoms with Gasteiger partial charge < -0.3 is 16.0 Å². The van der Waals surface area contributed by atoms with Crippen molar-refractivity contribution < 1.29 is 9.59 Å². The van der Waals surface area contributed by atoms with Gasteiger partial charge in [-0.3, -0.25) is 15.0 Å². The summed E-state index contributed by atoms with van der Waals surface area (Å²) in [5, 5.41) is 18.7. The Morgan fingerprint density at radius 1 is 1.18 bits per heavy atom. The Morgan fingerprint density at radius 2 is 1.94 bits per heavy atom. The molecule has 178 valence electrons. The normalized spacial score (nSPS) is 23.8. The molecule has 6 nitrogen and oxygen atoms in total. The summed E-state index contributed by atoms with van der Waals surface area (Å²) in [6.45, 7) is 0.381. The molecule has 1 saturated carbocycles. The van der Waals surface area contributed by atoms with Gasteiger partial charge in [-0.25, -0.2) is 0 Å². The highest BCUT2D eigenvalue weighted by Gasteiger charge is 2.50. The fraction of sp³-hybridized carbons (Fsp3) is 0.577. The van der Waals surface area contributed by atoms with Crippen LogP contribution in [-0.4, -0.2) is 30.6 Å². The van der Waals surface area contributed by atoms with Gasteiger partial charge in [-0.1, -0.05) is 36.6 Å². The van der Waals surface area contributed by atoms with Crippen LogP contribution >= 0.6 is 11.6 Å². The van der Waals surface area contributed by atoms with Crippen LogP contribution in [0.2, 0.25) is 5.02 Å². The molecule has 4 rings (SSSR count). The molecule has 3 aliphatic rings. The zero-order valence-electron chi connectivity index (χ0n) is 19.4. The molecule has 1 saturated heterocycles. The van der Waals surface area contributed by atoms with Gasteiger partial charge in [-0.2, -0.15) is 0 Å². The van der Waals surface area contributed by atoms with Crippen molar-refractivity contribution in [1.82, 2.24) is 16.0 Å². The van der Waals surface area contributed by atoms with E-state index < -0.39 is 0 Å². The fourth-order valence-corrected chi connectivity index (χ4v) is 6.15. The van der Waals surface area contributed by atoms with Crippen molar-refractivity contribution in [2.24, 2.45) is 11.3 Å². The van der Waals surface area contributed by atoms with Crippen molar-refractivity contribution in [1.29, 1.82) is 5.41 Å². The third kappa shape index (κ3) is 5.11. The van der Waals surface area contributed by atoms with E-state index in [1.807, 2.05) is 19.2 Å². The molecular formula is C26H35ClN4O2. The molecule has 1 spiro atoms. The SMILES string of the molecule is CNC1=C(C(=N)C(=O)NCc2ccc(Cl)cc2)CCC(CCC[C@@H]2CCC(=O)N2)C12CCC2. The number of hydrogen-bond acceptors (Lipinski definition) is 4. The smallest absolute Gasteiger partial charge is 0.269 e. The minimum absolute atomic E-state index is 0.0734. The van der Waals surface area contributed by atoms with Gasteiger partial charge in [0.05, 0.1) is 0 Å². The van der Waals surface area contributed by atoms with E-state index in [2.05, 4.69) is 16.0 Å². The van der Waals surface area contributed by atoms with Crippen LogP contribution in [0.15, 0.2) is 35.5 Å². The summed E-state index contributed by atoms with van der Waals surface area (Å²) < 4.78 is 0. The first kappa shape index (κ1) is 23.8. The minimum atomic E-state index is -0.322. The van der Waals surface area contributed by atoms with E-state index in [4.69, 9.17) is 17.0 Å². The van der Waals surface area contributed by atoms with Gasteiger partial charge in [-0.15, -0.1) is 0 Å². The van der Waals surface area contributed by atoms with Gasteiger partial charge >= 0.3 is 0 Å². The van der Waals surface area contributed by atoms with E-state index in [0.29, 0.717) is 29.9 Å². The lowest BCUT2D eigenvalue weighted by atomic mass is 9.53. The topological polar surface area (TPSA) is 94.1 Å². The Bertz CT molecular complexity index is 936. The number of benzene rings is 1. The van der Waals surface area contributed by atoms with Crippen molar-refractivity contribution in [2.45, 2.75) is 76.8 Å². The molecular weight excluding hydrogens is 436 g/mol. The first-order valence-corrected chi connectivity index (χ1v) is 12.6. The van der Waals surface area contributed by atoms with E-state index in [-0.39, 0.29) is 22.9 Å². The minimum Gasteiger partial charge on any atom is -0.391 e. The van der Waals surface area contributed by atoms with Gasteiger partial charge in [0, 0.05) is 47.8 Å². The summed E-state index contributed by atoms with van der Waals surface area (Å²) in [5.74, 6) is 0.433. The second-order valence-corrected chi connectivity index (χ2v) is 10.2. The standard InChI is InChI=1S/C26H35ClN4O2/c1-29-24-21(23(28)25(33)30-16-17-6-9-19(27)10-7-17)12-8-18(26(24)14-3-15-26)4-2-5-20-11-13-22(32)31-20/h6-7,9-10,18,20,28-29H,2-5,8,11-16H2,1H3,(H,30,33)(H,31,32)/t18?,20-/m1/s1. The Morgan fingerprint density at radius 3 is 2.55 bits per heavy atom. The highest BCUT2D eigenvalue weighted by atomic mass is 35.5. The van der Waals surface area contributed by atoms with E-state index in [9.17, 15) is 9.59 Å². The first-order valence-electron chi connectivity index (χ1n) is 12.3. The summed E-state index contributed by atoms with van der Waals surface area (Å²) in [6, 6.07) is 7.72. The van der Waals surface area contributed by atoms with Gasteiger partial charge in [0.1, 0.15) is 5.71 Å². The van der Waals surface area contributed by atoms with Crippen LogP contribution < -0.4 is 16.0 Å². The Hall–Kier alpha value is -2.34. The number of rotatable bonds is 9. The number of allylic oxidation sites excluding steroid dienone is 1. The number of carbonyl (C=O) groups is 2. The van der Waals surface area contributed by atoms with E-state index >= 15 is 0 Å². The Labute approximate surface area is 201 Å². The van der Waals surface area contributed by atoms with Crippen molar-refractivity contribution in [3.8, 4) is 0 Å². The zero-order valence-corrected chi connectivity index (χ0v) is 20.2. The summed E-state index contributed by atoms with van der Waals surface area (Å²) in [7, 11) is 1.94. The molecule has 1 heterocycles. The number of halogens is 1. The molecule has 2 fully saturated rings. The van der Waals surface area contributed by atoms with Gasteiger partial charge in [0.25, 0.3) is 5.91 Å². The maximum atomic E-state index is 12.8. The highest BCUT2D eigenvalue weighted by molar-refractivity contribution is 6.44. The summed E-state index contributed by atoms with van der Waals surface area (Å²) in [5.41, 5.74) is 3.12. The molecule has 2 atom stereocenters. The maximum Gasteiger partial charge on any atom is 0.269 e. The second kappa shape index (κ2) is 10.3. The van der Waals surface area contributed by atoms with Crippen molar-refractivity contribution in [3.63, 3.8) is 0 Å². The fourth-order valence-electron chi connectivity index (χ4n) is 6.03. The van der Waals surface area contributed by atoms with Crippen LogP contribution in [0.5, 0.6) is 0 Å². The first-order chi connectivity index (χ1) is 15.9. The van der Waals surface area contributed by atoms with Crippen molar-refractivity contribution >= 4 is 29.1 Å². The van der Waals surface area contributed by atoms with Crippen LogP contribution in [0.4, 0.5) is 0 Å². The van der Waals surface area contributed by atoms with Crippen LogP contribution in [0.25, 0.3) is 0 Å². The van der Waals surface area contributed by atoms with Gasteiger partial charge in [0.15, 0.2) is 0 Å². The third-order valence-corrected chi connectivity index (χ3v) is 8.16. The van der Waals surface area contributed by atoms with Gasteiger partial charge in [0.2, 0.25) is 5.91 Å². The summed E-state index contributed by atoms with van der Waals surface area (Å²) >= 11 is 5.94. The molecule has 1 aromatic carbocycles. The highest BCUT2D eigenvalue weighted by Crippen LogP contribution is 2.58. The number of hydrogen-bond donors (Lipinski definition) is 4. The quantitative estimate of drug-likeness (QED) is 0.401. The molecule has 4 N–H and O–H groups in total. The molecule has 33 heavy (non-hydrogen) atoms. The van der Waals surface area contributed by atoms with E-state index in [1.54, 1.807) is 12.1 Å². The number of nitrogens with one attached hydrogen (secondary N) is 4. The molecule has 0 bridgehead atoms. The lowest BCUT2D eigenvalue weighted by Crippen LogP contribution is -2.48. The summed E-state index contributed by atoms with van der Waals surface area (Å²) in [4.78, 5) is 24.3. The summed E-state index contributed by atoms with van der Waals surface area (Å²) in [6.07, 6.45) is 10.1. The molecule has 0 radical (unpaired) electrons. The Kier molecular flexibility index (Phi) is 7.42. The van der Waals surface area contributed by atoms with Crippen LogP contribution in [0, 0.1) is 16.7 Å². The Balaban J connectivity index is 1.40. The predicted molar refractivity (Wildman–Crippen MR) is 131 cm³/mol. The average molecular weight is 471 g/mol. The van der Waals surface area contributed by atoms with Crippen LogP contribution in [0.1, 0.15) is 69.8 Å². The maximum absolute atomic E-state index is 12.8. The average Bonchev–Trinajstić information content (AvgIpc) is 3.21. The molecule has 7 heteroatoms. The lowest BCUT2D eigenvalue weighted by Gasteiger charge is -2.53. The second-order valence-electron chi connectivity index (χ2n) is 9.77. The van der Waals surface area contributed by atoms with Crippen molar-refractivity contribution in [3.05, 3.63) is 46.1 Å². The molecule has 1 aromatic rings. The van der Waals surface area contributed by atoms with E-state index in [0.717, 1.165) is 68.2 Å². The largest absolute Gasteiger partial charge is 0.391 e. The number of amides is 2. The number of carbonyl (C=O) groups excluding carboxylic acids is 2. The third-order valence-electron chi connectivity index (χ3n) is 7.91. The molecule has 2 aliphatic carbocycles. The lowest BCUT2D eigenvalue weighted by molar-refractivity contribution is -0.119. The van der Waals surface area contributed by atoms with E-state index in [1.165, 1.54) is 6.42 Å². The van der Waals surface area contributed by atoms with Crippen LogP contribution in [-0.2, 0) is 16.1 Å². The molecule has 1 unspecified atom stereocenters. The predicted octanol–water partition coefficient (Wildman–Crippen LogP) is 4.48. The zero-order chi connectivity index (χ0) is 23.4. The molecule has 2 amide bonds. The van der Waals surface area contributed by atoms with Crippen molar-refractivity contribution in [2.75, 3.05) is 7.05 Å². The molecule has 1 aliphatic heterocycles. The monoisotopic (exact) mass is 470 g/mol. The molecule has 0 aromatic heterocycles.